The predicted octanol–water partition coefficient (Wildman–Crippen LogP) is 2.07. The zero-order chi connectivity index (χ0) is 22.6. The van der Waals surface area contributed by atoms with Crippen molar-refractivity contribution in [1.82, 2.24) is 4.31 Å². The normalized spacial score (nSPS) is 16.6. The molecule has 1 N–H and O–H groups in total. The van der Waals surface area contributed by atoms with Crippen LogP contribution >= 0.6 is 0 Å². The number of anilines is 1. The van der Waals surface area contributed by atoms with E-state index in [1.807, 2.05) is 0 Å². The summed E-state index contributed by atoms with van der Waals surface area (Å²) in [4.78, 5) is 33.9. The lowest BCUT2D eigenvalue weighted by molar-refractivity contribution is -0.384. The molecule has 164 valence electrons. The van der Waals surface area contributed by atoms with Crippen molar-refractivity contribution in [2.45, 2.75) is 23.8 Å². The van der Waals surface area contributed by atoms with Gasteiger partial charge in [-0.05, 0) is 37.1 Å². The van der Waals surface area contributed by atoms with Crippen molar-refractivity contribution in [2.24, 2.45) is 0 Å². The van der Waals surface area contributed by atoms with Crippen molar-refractivity contribution in [1.29, 1.82) is 0 Å². The van der Waals surface area contributed by atoms with Crippen LogP contribution in [-0.4, -0.2) is 48.7 Å². The predicted molar refractivity (Wildman–Crippen MR) is 106 cm³/mol. The van der Waals surface area contributed by atoms with E-state index in [9.17, 15) is 32.5 Å². The Bertz CT molecular complexity index is 1110. The molecule has 0 unspecified atom stereocenters. The highest BCUT2D eigenvalue weighted by atomic mass is 32.2. The van der Waals surface area contributed by atoms with Gasteiger partial charge in [0.2, 0.25) is 10.0 Å². The largest absolute Gasteiger partial charge is 0.454 e. The maximum absolute atomic E-state index is 14.0. The van der Waals surface area contributed by atoms with Crippen LogP contribution in [0.15, 0.2) is 53.4 Å². The molecule has 3 rings (SSSR count). The minimum atomic E-state index is -4.26. The van der Waals surface area contributed by atoms with Crippen molar-refractivity contribution in [2.75, 3.05) is 18.5 Å². The Morgan fingerprint density at radius 1 is 1.19 bits per heavy atom. The molecule has 31 heavy (non-hydrogen) atoms. The van der Waals surface area contributed by atoms with Gasteiger partial charge in [-0.3, -0.25) is 19.7 Å². The van der Waals surface area contributed by atoms with Gasteiger partial charge in [0.15, 0.2) is 6.61 Å². The molecule has 1 aliphatic rings. The molecule has 10 nitrogen and oxygen atoms in total. The van der Waals surface area contributed by atoms with Crippen LogP contribution in [0.2, 0.25) is 0 Å². The lowest BCUT2D eigenvalue weighted by atomic mass is 10.2. The van der Waals surface area contributed by atoms with Crippen molar-refractivity contribution in [3.63, 3.8) is 0 Å². The van der Waals surface area contributed by atoms with E-state index in [1.54, 1.807) is 0 Å². The van der Waals surface area contributed by atoms with Crippen molar-refractivity contribution in [3.8, 4) is 0 Å². The average Bonchev–Trinajstić information content (AvgIpc) is 3.23. The first-order valence-electron chi connectivity index (χ1n) is 9.17. The molecule has 1 saturated heterocycles. The second-order valence-corrected chi connectivity index (χ2v) is 8.52. The molecule has 0 aliphatic carbocycles. The van der Waals surface area contributed by atoms with Crippen LogP contribution in [0.4, 0.5) is 15.8 Å². The first kappa shape index (κ1) is 22.3. The minimum Gasteiger partial charge on any atom is -0.454 e. The standard InChI is InChI=1S/C19H18FN3O7S/c20-15-4-1-2-6-17(15)31(28,29)22-11-3-5-16(22)19(25)30-12-18(24)21-13-7-9-14(10-8-13)23(26)27/h1-2,4,6-10,16H,3,5,11-12H2,(H,21,24)/t16-/m1/s1. The SMILES string of the molecule is O=C(COC(=O)[C@H]1CCCN1S(=O)(=O)c1ccccc1F)Nc1ccc([N+](=O)[O-])cc1. The fourth-order valence-corrected chi connectivity index (χ4v) is 4.85. The number of sulfonamides is 1. The van der Waals surface area contributed by atoms with E-state index < -0.39 is 50.2 Å². The van der Waals surface area contributed by atoms with E-state index in [4.69, 9.17) is 4.74 Å². The van der Waals surface area contributed by atoms with E-state index in [-0.39, 0.29) is 24.3 Å². The summed E-state index contributed by atoms with van der Waals surface area (Å²) in [6.45, 7) is -0.661. The Kier molecular flexibility index (Phi) is 6.61. The van der Waals surface area contributed by atoms with Gasteiger partial charge in [0, 0.05) is 24.4 Å². The van der Waals surface area contributed by atoms with Crippen molar-refractivity contribution in [3.05, 3.63) is 64.5 Å². The lowest BCUT2D eigenvalue weighted by Crippen LogP contribution is -2.42. The monoisotopic (exact) mass is 451 g/mol. The van der Waals surface area contributed by atoms with Crippen LogP contribution in [0.5, 0.6) is 0 Å². The summed E-state index contributed by atoms with van der Waals surface area (Å²) < 4.78 is 45.4. The fourth-order valence-electron chi connectivity index (χ4n) is 3.14. The highest BCUT2D eigenvalue weighted by Gasteiger charge is 2.41. The number of amides is 1. The Labute approximate surface area is 176 Å². The number of hydrogen-bond donors (Lipinski definition) is 1. The van der Waals surface area contributed by atoms with Crippen LogP contribution in [0, 0.1) is 15.9 Å². The van der Waals surface area contributed by atoms with Gasteiger partial charge in [0.25, 0.3) is 11.6 Å². The maximum Gasteiger partial charge on any atom is 0.324 e. The van der Waals surface area contributed by atoms with Gasteiger partial charge in [0.05, 0.1) is 4.92 Å². The molecule has 0 aromatic heterocycles. The van der Waals surface area contributed by atoms with E-state index >= 15 is 0 Å². The highest BCUT2D eigenvalue weighted by molar-refractivity contribution is 7.89. The second-order valence-electron chi connectivity index (χ2n) is 6.66. The Balaban J connectivity index is 1.61. The van der Waals surface area contributed by atoms with Gasteiger partial charge in [0.1, 0.15) is 16.8 Å². The van der Waals surface area contributed by atoms with Crippen molar-refractivity contribution >= 4 is 33.3 Å². The number of carbonyl (C=O) groups excluding carboxylic acids is 2. The highest BCUT2D eigenvalue weighted by Crippen LogP contribution is 2.28. The molecular weight excluding hydrogens is 433 g/mol. The zero-order valence-electron chi connectivity index (χ0n) is 16.1. The average molecular weight is 451 g/mol. The molecule has 1 aliphatic heterocycles. The number of nitro groups is 1. The first-order chi connectivity index (χ1) is 14.7. The number of nitrogens with zero attached hydrogens (tertiary/aromatic N) is 2. The lowest BCUT2D eigenvalue weighted by Gasteiger charge is -2.22. The van der Waals surface area contributed by atoms with Crippen molar-refractivity contribution < 1.29 is 32.1 Å². The molecule has 2 aromatic rings. The summed E-state index contributed by atoms with van der Waals surface area (Å²) in [7, 11) is -4.26. The van der Waals surface area contributed by atoms with E-state index in [0.29, 0.717) is 6.42 Å². The fraction of sp³-hybridized carbons (Fsp3) is 0.263. The van der Waals surface area contributed by atoms with Crippen LogP contribution < -0.4 is 5.32 Å². The van der Waals surface area contributed by atoms with Gasteiger partial charge in [-0.1, -0.05) is 12.1 Å². The quantitative estimate of drug-likeness (QED) is 0.387. The van der Waals surface area contributed by atoms with Gasteiger partial charge >= 0.3 is 5.97 Å². The smallest absolute Gasteiger partial charge is 0.324 e. The summed E-state index contributed by atoms with van der Waals surface area (Å²) >= 11 is 0. The molecule has 0 saturated carbocycles. The maximum atomic E-state index is 14.0. The number of benzene rings is 2. The molecular formula is C19H18FN3O7S. The number of non-ortho nitro benzene ring substituents is 1. The van der Waals surface area contributed by atoms with Gasteiger partial charge in [-0.2, -0.15) is 4.31 Å². The first-order valence-corrected chi connectivity index (χ1v) is 10.6. The number of hydrogen-bond acceptors (Lipinski definition) is 7. The molecule has 2 aromatic carbocycles. The molecule has 12 heteroatoms. The third-order valence-corrected chi connectivity index (χ3v) is 6.55. The molecule has 1 fully saturated rings. The molecule has 1 atom stereocenters. The van der Waals surface area contributed by atoms with Crippen LogP contribution in [-0.2, 0) is 24.3 Å². The van der Waals surface area contributed by atoms with E-state index in [1.165, 1.54) is 36.4 Å². The number of ether oxygens (including phenoxy) is 1. The molecule has 0 spiro atoms. The summed E-state index contributed by atoms with van der Waals surface area (Å²) in [5, 5.41) is 13.0. The van der Waals surface area contributed by atoms with Gasteiger partial charge < -0.3 is 10.1 Å². The van der Waals surface area contributed by atoms with E-state index in [0.717, 1.165) is 16.4 Å². The molecule has 0 radical (unpaired) electrons. The second kappa shape index (κ2) is 9.18. The molecule has 0 bridgehead atoms. The number of esters is 1. The number of rotatable bonds is 7. The van der Waals surface area contributed by atoms with Crippen LogP contribution in [0.1, 0.15) is 12.8 Å². The third kappa shape index (κ3) is 5.03. The number of carbonyl (C=O) groups is 2. The minimum absolute atomic E-state index is 0.0193. The summed E-state index contributed by atoms with van der Waals surface area (Å²) in [5.74, 6) is -2.55. The Morgan fingerprint density at radius 2 is 1.87 bits per heavy atom. The van der Waals surface area contributed by atoms with Gasteiger partial charge in [-0.15, -0.1) is 0 Å². The molecule has 1 heterocycles. The van der Waals surface area contributed by atoms with Crippen LogP contribution in [0.3, 0.4) is 0 Å². The van der Waals surface area contributed by atoms with E-state index in [2.05, 4.69) is 5.32 Å². The summed E-state index contributed by atoms with van der Waals surface area (Å²) in [5.41, 5.74) is 0.109. The Hall–Kier alpha value is -3.38. The topological polar surface area (TPSA) is 136 Å². The third-order valence-electron chi connectivity index (χ3n) is 4.61. The number of nitrogens with one attached hydrogen (secondary N) is 1. The molecule has 1 amide bonds. The zero-order valence-corrected chi connectivity index (χ0v) is 16.9. The van der Waals surface area contributed by atoms with Crippen LogP contribution in [0.25, 0.3) is 0 Å². The summed E-state index contributed by atoms with van der Waals surface area (Å²) in [6, 6.07) is 8.72. The van der Waals surface area contributed by atoms with Gasteiger partial charge in [-0.25, -0.2) is 12.8 Å². The number of halogens is 1. The summed E-state index contributed by atoms with van der Waals surface area (Å²) in [6.07, 6.45) is 0.554. The Morgan fingerprint density at radius 3 is 2.52 bits per heavy atom. The number of nitro benzene ring substituents is 1.